The molecule has 1 aromatic carbocycles. The molecule has 0 aliphatic carbocycles. The van der Waals surface area contributed by atoms with Gasteiger partial charge in [0.25, 0.3) is 0 Å². The third-order valence-corrected chi connectivity index (χ3v) is 5.67. The summed E-state index contributed by atoms with van der Waals surface area (Å²) in [7, 11) is 0. The van der Waals surface area contributed by atoms with Gasteiger partial charge in [-0.05, 0) is 53.0 Å². The molecule has 0 unspecified atom stereocenters. The zero-order valence-electron chi connectivity index (χ0n) is 12.8. The first-order chi connectivity index (χ1) is 11.3. The Hall–Kier alpha value is -1.50. The smallest absolute Gasteiger partial charge is 0.307 e. The second-order valence-corrected chi connectivity index (χ2v) is 7.89. The van der Waals surface area contributed by atoms with E-state index in [1.807, 2.05) is 13.0 Å². The largest absolute Gasteiger partial charge is 0.481 e. The number of hydrogen-bond donors (Lipinski definition) is 1. The molecule has 2 heterocycles. The fraction of sp³-hybridized carbons (Fsp3) is 0.176. The molecular formula is C17H12BrClFNO2S. The molecule has 0 bridgehead atoms. The Morgan fingerprint density at radius 3 is 2.79 bits per heavy atom. The molecule has 0 amide bonds. The predicted octanol–water partition coefficient (Wildman–Crippen LogP) is 5.76. The van der Waals surface area contributed by atoms with Gasteiger partial charge < -0.3 is 5.11 Å². The number of fused-ring (bicyclic) bond motifs is 1. The molecule has 3 nitrogen and oxygen atoms in total. The van der Waals surface area contributed by atoms with Crippen molar-refractivity contribution < 1.29 is 14.3 Å². The van der Waals surface area contributed by atoms with Crippen molar-refractivity contribution in [3.8, 4) is 11.1 Å². The van der Waals surface area contributed by atoms with Gasteiger partial charge >= 0.3 is 5.97 Å². The van der Waals surface area contributed by atoms with Crippen molar-refractivity contribution in [2.24, 2.45) is 0 Å². The van der Waals surface area contributed by atoms with Crippen LogP contribution >= 0.6 is 38.9 Å². The highest BCUT2D eigenvalue weighted by Crippen LogP contribution is 2.41. The van der Waals surface area contributed by atoms with Crippen molar-refractivity contribution in [2.45, 2.75) is 20.3 Å². The van der Waals surface area contributed by atoms with Crippen LogP contribution in [0.2, 0.25) is 5.02 Å². The van der Waals surface area contributed by atoms with Crippen molar-refractivity contribution >= 4 is 55.1 Å². The molecule has 3 aromatic rings. The number of nitrogens with zero attached hydrogens (tertiary/aromatic N) is 1. The summed E-state index contributed by atoms with van der Waals surface area (Å²) in [6, 6.07) is 5.20. The van der Waals surface area contributed by atoms with Crippen LogP contribution in [0.15, 0.2) is 22.7 Å². The first-order valence-corrected chi connectivity index (χ1v) is 9.03. The number of hydrogen-bond acceptors (Lipinski definition) is 3. The van der Waals surface area contributed by atoms with E-state index in [1.54, 1.807) is 19.1 Å². The summed E-state index contributed by atoms with van der Waals surface area (Å²) in [4.78, 5) is 17.7. The standard InChI is InChI=1S/C17H12BrClFNO2S/c1-7-5-11-14(9-3-4-12(18)16(20)15(9)19)10(6-13(22)23)8(2)21-17(11)24-7/h3-5H,6H2,1-2H3,(H,22,23). The van der Waals surface area contributed by atoms with E-state index in [2.05, 4.69) is 20.9 Å². The Labute approximate surface area is 155 Å². The van der Waals surface area contributed by atoms with Gasteiger partial charge in [-0.2, -0.15) is 0 Å². The summed E-state index contributed by atoms with van der Waals surface area (Å²) in [5, 5.41) is 10.0. The molecule has 0 aliphatic heterocycles. The summed E-state index contributed by atoms with van der Waals surface area (Å²) < 4.78 is 14.5. The monoisotopic (exact) mass is 427 g/mol. The number of rotatable bonds is 3. The van der Waals surface area contributed by atoms with Crippen LogP contribution in [0.25, 0.3) is 21.3 Å². The fourth-order valence-electron chi connectivity index (χ4n) is 2.72. The number of aliphatic carboxylic acids is 1. The Bertz CT molecular complexity index is 987. The molecular weight excluding hydrogens is 417 g/mol. The Morgan fingerprint density at radius 2 is 2.12 bits per heavy atom. The van der Waals surface area contributed by atoms with Crippen molar-refractivity contribution in [3.63, 3.8) is 0 Å². The lowest BCUT2D eigenvalue weighted by Gasteiger charge is -2.15. The van der Waals surface area contributed by atoms with Crippen LogP contribution in [0.5, 0.6) is 0 Å². The molecule has 0 atom stereocenters. The quantitative estimate of drug-likeness (QED) is 0.539. The summed E-state index contributed by atoms with van der Waals surface area (Å²) in [5.41, 5.74) is 2.28. The van der Waals surface area contributed by atoms with Gasteiger partial charge in [0.1, 0.15) is 4.83 Å². The zero-order valence-corrected chi connectivity index (χ0v) is 15.9. The minimum absolute atomic E-state index is 0.0354. The third kappa shape index (κ3) is 2.94. The number of thiophene rings is 1. The van der Waals surface area contributed by atoms with Crippen LogP contribution in [0.1, 0.15) is 16.1 Å². The molecule has 0 saturated heterocycles. The van der Waals surface area contributed by atoms with E-state index >= 15 is 0 Å². The molecule has 24 heavy (non-hydrogen) atoms. The normalized spacial score (nSPS) is 11.2. The van der Waals surface area contributed by atoms with Crippen LogP contribution in [0, 0.1) is 19.7 Å². The Balaban J connectivity index is 2.44. The number of pyridine rings is 1. The lowest BCUT2D eigenvalue weighted by molar-refractivity contribution is -0.136. The maximum absolute atomic E-state index is 14.3. The number of halogens is 3. The van der Waals surface area contributed by atoms with Crippen LogP contribution in [-0.2, 0) is 11.2 Å². The number of carbonyl (C=O) groups is 1. The van der Waals surface area contributed by atoms with E-state index in [9.17, 15) is 14.3 Å². The SMILES string of the molecule is Cc1cc2c(-c3ccc(Br)c(F)c3Cl)c(CC(=O)O)c(C)nc2s1. The second-order valence-electron chi connectivity index (χ2n) is 5.42. The Kier molecular flexibility index (Phi) is 4.64. The topological polar surface area (TPSA) is 50.2 Å². The van der Waals surface area contributed by atoms with E-state index in [0.29, 0.717) is 22.4 Å². The molecule has 1 N–H and O–H groups in total. The van der Waals surface area contributed by atoms with E-state index in [-0.39, 0.29) is 15.9 Å². The van der Waals surface area contributed by atoms with Crippen molar-refractivity contribution in [1.82, 2.24) is 4.98 Å². The van der Waals surface area contributed by atoms with E-state index in [4.69, 9.17) is 11.6 Å². The third-order valence-electron chi connectivity index (χ3n) is 3.75. The van der Waals surface area contributed by atoms with Crippen LogP contribution in [-0.4, -0.2) is 16.1 Å². The molecule has 0 saturated carbocycles. The van der Waals surface area contributed by atoms with E-state index < -0.39 is 11.8 Å². The lowest BCUT2D eigenvalue weighted by atomic mass is 9.94. The van der Waals surface area contributed by atoms with Gasteiger partial charge in [-0.15, -0.1) is 11.3 Å². The summed E-state index contributed by atoms with van der Waals surface area (Å²) in [6.45, 7) is 3.71. The molecule has 0 fully saturated rings. The number of aryl methyl sites for hydroxylation is 2. The summed E-state index contributed by atoms with van der Waals surface area (Å²) in [6.07, 6.45) is -0.201. The predicted molar refractivity (Wildman–Crippen MR) is 98.5 cm³/mol. The van der Waals surface area contributed by atoms with E-state index in [1.165, 1.54) is 11.3 Å². The minimum atomic E-state index is -0.971. The average molecular weight is 429 g/mol. The molecule has 0 radical (unpaired) electrons. The van der Waals surface area contributed by atoms with Crippen LogP contribution in [0.3, 0.4) is 0 Å². The molecule has 0 aliphatic rings. The van der Waals surface area contributed by atoms with Crippen molar-refractivity contribution in [2.75, 3.05) is 0 Å². The molecule has 0 spiro atoms. The van der Waals surface area contributed by atoms with Gasteiger partial charge in [-0.25, -0.2) is 9.37 Å². The first kappa shape index (κ1) is 17.3. The average Bonchev–Trinajstić information content (AvgIpc) is 2.86. The fourth-order valence-corrected chi connectivity index (χ4v) is 4.36. The maximum Gasteiger partial charge on any atom is 0.307 e. The second kappa shape index (κ2) is 6.43. The van der Waals surface area contributed by atoms with Crippen LogP contribution in [0.4, 0.5) is 4.39 Å². The van der Waals surface area contributed by atoms with Crippen molar-refractivity contribution in [1.29, 1.82) is 0 Å². The van der Waals surface area contributed by atoms with Gasteiger partial charge in [0.15, 0.2) is 5.82 Å². The number of aromatic nitrogens is 1. The molecule has 2 aromatic heterocycles. The molecule has 124 valence electrons. The first-order valence-electron chi connectivity index (χ1n) is 7.05. The maximum atomic E-state index is 14.3. The van der Waals surface area contributed by atoms with Crippen molar-refractivity contribution in [3.05, 3.63) is 49.6 Å². The van der Waals surface area contributed by atoms with Gasteiger partial charge in [-0.3, -0.25) is 4.79 Å². The van der Waals surface area contributed by atoms with Crippen LogP contribution < -0.4 is 0 Å². The highest BCUT2D eigenvalue weighted by atomic mass is 79.9. The highest BCUT2D eigenvalue weighted by molar-refractivity contribution is 9.10. The van der Waals surface area contributed by atoms with Gasteiger partial charge in [0, 0.05) is 21.5 Å². The van der Waals surface area contributed by atoms with Gasteiger partial charge in [0.2, 0.25) is 0 Å². The molecule has 3 rings (SSSR count). The summed E-state index contributed by atoms with van der Waals surface area (Å²) in [5.74, 6) is -1.54. The van der Waals surface area contributed by atoms with Gasteiger partial charge in [-0.1, -0.05) is 17.7 Å². The number of benzene rings is 1. The van der Waals surface area contributed by atoms with Gasteiger partial charge in [0.05, 0.1) is 15.9 Å². The Morgan fingerprint density at radius 1 is 1.42 bits per heavy atom. The number of carboxylic acid groups (broad SMARTS) is 1. The minimum Gasteiger partial charge on any atom is -0.481 e. The lowest BCUT2D eigenvalue weighted by Crippen LogP contribution is -2.06. The van der Waals surface area contributed by atoms with E-state index in [0.717, 1.165) is 15.1 Å². The molecule has 7 heteroatoms. The summed E-state index contributed by atoms with van der Waals surface area (Å²) >= 11 is 10.9. The highest BCUT2D eigenvalue weighted by Gasteiger charge is 2.22. The number of carboxylic acids is 1. The zero-order chi connectivity index (χ0) is 17.6.